The quantitative estimate of drug-likeness (QED) is 0.599. The molecule has 0 aromatic carbocycles. The van der Waals surface area contributed by atoms with Crippen LogP contribution in [0.2, 0.25) is 0 Å². The van der Waals surface area contributed by atoms with Crippen LogP contribution in [0.25, 0.3) is 0 Å². The van der Waals surface area contributed by atoms with Gasteiger partial charge in [0.2, 0.25) is 0 Å². The van der Waals surface area contributed by atoms with Crippen molar-refractivity contribution in [3.63, 3.8) is 0 Å². The van der Waals surface area contributed by atoms with E-state index >= 15 is 0 Å². The van der Waals surface area contributed by atoms with Crippen molar-refractivity contribution in [3.8, 4) is 0 Å². The molecule has 1 radical (unpaired) electrons. The molecule has 0 unspecified atom stereocenters. The molecular weight excluding hydrogens is 199 g/mol. The molecule has 0 atom stereocenters. The predicted octanol–water partition coefficient (Wildman–Crippen LogP) is 2.21. The monoisotopic (exact) mass is 211 g/mol. The van der Waals surface area contributed by atoms with E-state index in [0.717, 1.165) is 5.69 Å². The van der Waals surface area contributed by atoms with Crippen molar-refractivity contribution in [2.24, 2.45) is 0 Å². The van der Waals surface area contributed by atoms with E-state index in [-0.39, 0.29) is 32.7 Å². The summed E-state index contributed by atoms with van der Waals surface area (Å²) in [7, 11) is 0. The maximum atomic E-state index is 3.92. The van der Waals surface area contributed by atoms with Crippen LogP contribution >= 0.6 is 0 Å². The van der Waals surface area contributed by atoms with Crippen molar-refractivity contribution in [2.45, 2.75) is 20.8 Å². The first kappa shape index (κ1) is 12.9. The Morgan fingerprint density at radius 2 is 2.00 bits per heavy atom. The zero-order valence-corrected chi connectivity index (χ0v) is 9.59. The van der Waals surface area contributed by atoms with Gasteiger partial charge in [-0.05, 0) is 6.92 Å². The standard InChI is InChI=1S/C6H6N.C2H6.Y/c1-6-4-2-3-5-7-6;1-2;/h2-3,5H,1H3;1-2H3;/q-1;;. The van der Waals surface area contributed by atoms with Crippen LogP contribution in [0.3, 0.4) is 0 Å². The fourth-order valence-corrected chi connectivity index (χ4v) is 0.404. The first-order valence-corrected chi connectivity index (χ1v) is 3.19. The second-order valence-electron chi connectivity index (χ2n) is 1.37. The zero-order valence-electron chi connectivity index (χ0n) is 6.76. The number of pyridine rings is 1. The first-order valence-electron chi connectivity index (χ1n) is 3.19. The van der Waals surface area contributed by atoms with E-state index in [1.54, 1.807) is 6.20 Å². The maximum Gasteiger partial charge on any atom is 0 e. The zero-order chi connectivity index (χ0) is 7.11. The van der Waals surface area contributed by atoms with Crippen molar-refractivity contribution in [3.05, 3.63) is 30.1 Å². The average molecular weight is 211 g/mol. The summed E-state index contributed by atoms with van der Waals surface area (Å²) < 4.78 is 0. The van der Waals surface area contributed by atoms with E-state index in [9.17, 15) is 0 Å². The summed E-state index contributed by atoms with van der Waals surface area (Å²) in [6.07, 6.45) is 1.76. The number of rotatable bonds is 0. The average Bonchev–Trinajstić information content (AvgIpc) is 1.94. The van der Waals surface area contributed by atoms with E-state index in [4.69, 9.17) is 0 Å². The molecule has 0 aliphatic heterocycles. The van der Waals surface area contributed by atoms with Crippen molar-refractivity contribution < 1.29 is 32.7 Å². The van der Waals surface area contributed by atoms with Gasteiger partial charge in [-0.2, -0.15) is 6.07 Å². The van der Waals surface area contributed by atoms with Crippen LogP contribution in [0.1, 0.15) is 19.5 Å². The molecule has 0 fully saturated rings. The molecule has 1 nitrogen and oxygen atoms in total. The second-order valence-corrected chi connectivity index (χ2v) is 1.37. The number of hydrogen-bond acceptors (Lipinski definition) is 1. The normalized spacial score (nSPS) is 6.70. The molecule has 1 rings (SSSR count). The topological polar surface area (TPSA) is 12.9 Å². The van der Waals surface area contributed by atoms with Gasteiger partial charge in [0.15, 0.2) is 0 Å². The Bertz CT molecular complexity index is 139. The van der Waals surface area contributed by atoms with Gasteiger partial charge in [-0.1, -0.05) is 25.7 Å². The molecule has 2 heteroatoms. The van der Waals surface area contributed by atoms with E-state index in [1.807, 2.05) is 32.9 Å². The van der Waals surface area contributed by atoms with Gasteiger partial charge >= 0.3 is 0 Å². The predicted molar refractivity (Wildman–Crippen MR) is 39.2 cm³/mol. The van der Waals surface area contributed by atoms with Gasteiger partial charge in [0.05, 0.1) is 0 Å². The minimum atomic E-state index is 0. The third-order valence-corrected chi connectivity index (χ3v) is 0.743. The Balaban J connectivity index is 0. The van der Waals surface area contributed by atoms with Crippen molar-refractivity contribution in [1.29, 1.82) is 0 Å². The Morgan fingerprint density at radius 3 is 2.20 bits per heavy atom. The van der Waals surface area contributed by atoms with Crippen LogP contribution in [-0.2, 0) is 32.7 Å². The van der Waals surface area contributed by atoms with E-state index in [0.29, 0.717) is 0 Å². The largest absolute Gasteiger partial charge is 0.301 e. The Labute approximate surface area is 88.1 Å². The van der Waals surface area contributed by atoms with Crippen molar-refractivity contribution >= 4 is 0 Å². The molecule has 0 N–H and O–H groups in total. The summed E-state index contributed by atoms with van der Waals surface area (Å²) in [5.74, 6) is 0. The van der Waals surface area contributed by atoms with Crippen LogP contribution in [0.15, 0.2) is 18.3 Å². The number of aryl methyl sites for hydroxylation is 1. The summed E-state index contributed by atoms with van der Waals surface area (Å²) in [5.41, 5.74) is 0.947. The van der Waals surface area contributed by atoms with E-state index < -0.39 is 0 Å². The number of hydrogen-bond donors (Lipinski definition) is 0. The smallest absolute Gasteiger partial charge is 0 e. The van der Waals surface area contributed by atoms with Crippen LogP contribution in [0.5, 0.6) is 0 Å². The number of aromatic nitrogens is 1. The fourth-order valence-electron chi connectivity index (χ4n) is 0.404. The molecule has 1 aromatic heterocycles. The summed E-state index contributed by atoms with van der Waals surface area (Å²) in [4.78, 5) is 3.92. The molecule has 0 saturated carbocycles. The fraction of sp³-hybridized carbons (Fsp3) is 0.375. The SMILES string of the molecule is CC.Cc1[c-]cccn1.[Y]. The summed E-state index contributed by atoms with van der Waals surface area (Å²) in [6, 6.07) is 6.62. The van der Waals surface area contributed by atoms with Gasteiger partial charge < -0.3 is 4.98 Å². The Morgan fingerprint density at radius 1 is 1.40 bits per heavy atom. The van der Waals surface area contributed by atoms with Crippen LogP contribution in [0, 0.1) is 13.0 Å². The molecule has 1 heterocycles. The summed E-state index contributed by atoms with van der Waals surface area (Å²) in [6.45, 7) is 5.92. The molecule has 0 spiro atoms. The van der Waals surface area contributed by atoms with Crippen LogP contribution in [-0.4, -0.2) is 4.98 Å². The third kappa shape index (κ3) is 6.38. The first-order chi connectivity index (χ1) is 4.39. The van der Waals surface area contributed by atoms with E-state index in [2.05, 4.69) is 11.1 Å². The molecule has 0 amide bonds. The molecule has 0 bridgehead atoms. The van der Waals surface area contributed by atoms with Crippen molar-refractivity contribution in [1.82, 2.24) is 4.98 Å². The minimum Gasteiger partial charge on any atom is -0.301 e. The molecule has 0 aliphatic rings. The van der Waals surface area contributed by atoms with Crippen LogP contribution < -0.4 is 0 Å². The van der Waals surface area contributed by atoms with Crippen LogP contribution in [0.4, 0.5) is 0 Å². The van der Waals surface area contributed by atoms with Gasteiger partial charge in [-0.25, -0.2) is 12.1 Å². The van der Waals surface area contributed by atoms with Gasteiger partial charge in [0.1, 0.15) is 0 Å². The summed E-state index contributed by atoms with van der Waals surface area (Å²) in [5, 5.41) is 0. The minimum absolute atomic E-state index is 0. The van der Waals surface area contributed by atoms with Gasteiger partial charge in [-0.15, -0.1) is 0 Å². The van der Waals surface area contributed by atoms with Gasteiger partial charge in [0.25, 0.3) is 0 Å². The third-order valence-electron chi connectivity index (χ3n) is 0.743. The maximum absolute atomic E-state index is 3.92. The Kier molecular flexibility index (Phi) is 11.9. The molecule has 1 aromatic rings. The molecule has 10 heavy (non-hydrogen) atoms. The van der Waals surface area contributed by atoms with Gasteiger partial charge in [-0.3, -0.25) is 0 Å². The summed E-state index contributed by atoms with van der Waals surface area (Å²) >= 11 is 0. The number of nitrogens with zero attached hydrogens (tertiary/aromatic N) is 1. The Hall–Kier alpha value is 0.254. The van der Waals surface area contributed by atoms with Gasteiger partial charge in [0, 0.05) is 32.7 Å². The van der Waals surface area contributed by atoms with E-state index in [1.165, 1.54) is 0 Å². The van der Waals surface area contributed by atoms with Crippen molar-refractivity contribution in [2.75, 3.05) is 0 Å². The molecule has 53 valence electrons. The molecular formula is C8H12NY-. The molecule has 0 saturated heterocycles. The molecule has 0 aliphatic carbocycles. The second kappa shape index (κ2) is 9.25.